The van der Waals surface area contributed by atoms with Crippen LogP contribution in [0.15, 0.2) is 24.8 Å². The van der Waals surface area contributed by atoms with Crippen molar-refractivity contribution in [2.24, 2.45) is 0 Å². The minimum Gasteiger partial charge on any atom is -0.338 e. The highest BCUT2D eigenvalue weighted by Gasteiger charge is 2.49. The molecule has 144 valence electrons. The summed E-state index contributed by atoms with van der Waals surface area (Å²) in [5, 5.41) is 0. The predicted molar refractivity (Wildman–Crippen MR) is 111 cm³/mol. The zero-order chi connectivity index (χ0) is 18.7. The van der Waals surface area contributed by atoms with Gasteiger partial charge in [0.1, 0.15) is 0 Å². The molecule has 3 aliphatic heterocycles. The number of amides is 2. The lowest BCUT2D eigenvalue weighted by Gasteiger charge is -2.49. The molecular weight excluding hydrogens is 443 g/mol. The van der Waals surface area contributed by atoms with Gasteiger partial charge in [0.2, 0.25) is 11.8 Å². The van der Waals surface area contributed by atoms with E-state index in [1.807, 2.05) is 15.9 Å². The van der Waals surface area contributed by atoms with Gasteiger partial charge in [-0.1, -0.05) is 12.7 Å². The van der Waals surface area contributed by atoms with Crippen molar-refractivity contribution in [2.45, 2.75) is 56.8 Å². The third-order valence-electron chi connectivity index (χ3n) is 5.98. The normalized spacial score (nSPS) is 30.2. The van der Waals surface area contributed by atoms with E-state index in [0.29, 0.717) is 24.2 Å². The highest BCUT2D eigenvalue weighted by Crippen LogP contribution is 2.34. The van der Waals surface area contributed by atoms with E-state index in [-0.39, 0.29) is 11.8 Å². The summed E-state index contributed by atoms with van der Waals surface area (Å²) in [6, 6.07) is 1.61. The van der Waals surface area contributed by atoms with E-state index in [0.717, 1.165) is 51.9 Å². The molecule has 3 rings (SSSR count). The minimum absolute atomic E-state index is 0.0520. The van der Waals surface area contributed by atoms with E-state index >= 15 is 0 Å². The Kier molecular flexibility index (Phi) is 6.74. The van der Waals surface area contributed by atoms with Crippen molar-refractivity contribution >= 4 is 34.7 Å². The largest absolute Gasteiger partial charge is 0.338 e. The van der Waals surface area contributed by atoms with E-state index < -0.39 is 0 Å². The zero-order valence-electron chi connectivity index (χ0n) is 15.4. The van der Waals surface area contributed by atoms with Crippen molar-refractivity contribution in [3.8, 4) is 0 Å². The van der Waals surface area contributed by atoms with Crippen LogP contribution in [0.2, 0.25) is 0 Å². The predicted octanol–water partition coefficient (Wildman–Crippen LogP) is 1.72. The molecular formula is C19H29IN4O2. The van der Waals surface area contributed by atoms with E-state index in [1.54, 1.807) is 6.08 Å². The van der Waals surface area contributed by atoms with E-state index in [1.165, 1.54) is 6.08 Å². The summed E-state index contributed by atoms with van der Waals surface area (Å²) in [7, 11) is 0. The number of fused-ring (bicyclic) bond motifs is 1. The molecule has 3 aliphatic rings. The maximum absolute atomic E-state index is 12.4. The first-order chi connectivity index (χ1) is 12.5. The van der Waals surface area contributed by atoms with Crippen LogP contribution in [0.3, 0.4) is 0 Å². The highest BCUT2D eigenvalue weighted by molar-refractivity contribution is 14.1. The third-order valence-corrected chi connectivity index (χ3v) is 6.86. The highest BCUT2D eigenvalue weighted by atomic mass is 127. The molecule has 3 fully saturated rings. The second-order valence-electron chi connectivity index (χ2n) is 7.58. The van der Waals surface area contributed by atoms with Crippen LogP contribution in [0.25, 0.3) is 0 Å². The summed E-state index contributed by atoms with van der Waals surface area (Å²) in [6.45, 7) is 9.22. The van der Waals surface area contributed by atoms with Gasteiger partial charge >= 0.3 is 0 Å². The monoisotopic (exact) mass is 472 g/mol. The Hall–Kier alpha value is -0.930. The van der Waals surface area contributed by atoms with Gasteiger partial charge in [-0.15, -0.1) is 0 Å². The molecule has 0 spiro atoms. The van der Waals surface area contributed by atoms with Crippen molar-refractivity contribution < 1.29 is 9.59 Å². The molecule has 7 heteroatoms. The van der Waals surface area contributed by atoms with E-state index in [9.17, 15) is 9.59 Å². The van der Waals surface area contributed by atoms with Crippen molar-refractivity contribution in [1.29, 1.82) is 0 Å². The molecule has 0 saturated carbocycles. The van der Waals surface area contributed by atoms with Gasteiger partial charge in [-0.25, -0.2) is 0 Å². The van der Waals surface area contributed by atoms with Crippen molar-refractivity contribution in [3.05, 3.63) is 24.8 Å². The molecule has 0 aliphatic carbocycles. The molecule has 4 unspecified atom stereocenters. The summed E-state index contributed by atoms with van der Waals surface area (Å²) < 4.78 is 3.24. The smallest absolute Gasteiger partial charge is 0.246 e. The standard InChI is InChI=1S/C19H29IN4O2/c1-3-18(25)23-11-9-16-17(23)13-24(16)14(2)6-4-8-19(26)22-10-5-7-15(12-22)21-20/h3-4,8,14-17,21H,1,5-7,9-13H2,2H3/b8-4+. The number of hydrogen-bond acceptors (Lipinski definition) is 4. The average molecular weight is 472 g/mol. The number of carbonyl (C=O) groups is 2. The summed E-state index contributed by atoms with van der Waals surface area (Å²) in [6.07, 6.45) is 9.28. The first-order valence-corrected chi connectivity index (χ1v) is 10.6. The quantitative estimate of drug-likeness (QED) is 0.364. The van der Waals surface area contributed by atoms with Crippen LogP contribution in [0.5, 0.6) is 0 Å². The molecule has 2 amide bonds. The second-order valence-corrected chi connectivity index (χ2v) is 8.20. The van der Waals surface area contributed by atoms with Gasteiger partial charge < -0.3 is 9.80 Å². The van der Waals surface area contributed by atoms with Gasteiger partial charge in [0, 0.05) is 67.2 Å². The molecule has 26 heavy (non-hydrogen) atoms. The lowest BCUT2D eigenvalue weighted by atomic mass is 9.93. The number of piperidine rings is 1. The lowest BCUT2D eigenvalue weighted by Crippen LogP contribution is -2.64. The number of halogens is 1. The van der Waals surface area contributed by atoms with Gasteiger partial charge in [0.15, 0.2) is 0 Å². The van der Waals surface area contributed by atoms with Gasteiger partial charge in [-0.05, 0) is 44.8 Å². The fourth-order valence-electron chi connectivity index (χ4n) is 4.43. The molecule has 0 aromatic rings. The van der Waals surface area contributed by atoms with Gasteiger partial charge in [-0.2, -0.15) is 0 Å². The Morgan fingerprint density at radius 2 is 2.04 bits per heavy atom. The zero-order valence-corrected chi connectivity index (χ0v) is 17.6. The summed E-state index contributed by atoms with van der Waals surface area (Å²) in [4.78, 5) is 30.6. The topological polar surface area (TPSA) is 55.9 Å². The first-order valence-electron chi connectivity index (χ1n) is 9.55. The van der Waals surface area contributed by atoms with Crippen LogP contribution in [0.4, 0.5) is 0 Å². The number of rotatable bonds is 6. The van der Waals surface area contributed by atoms with Crippen LogP contribution < -0.4 is 3.53 Å². The maximum atomic E-state index is 12.4. The summed E-state index contributed by atoms with van der Waals surface area (Å²) in [5.41, 5.74) is 0. The Balaban J connectivity index is 1.44. The summed E-state index contributed by atoms with van der Waals surface area (Å²) in [5.74, 6) is 0.176. The number of carbonyl (C=O) groups excluding carboxylic acids is 2. The van der Waals surface area contributed by atoms with Crippen molar-refractivity contribution in [3.63, 3.8) is 0 Å². The average Bonchev–Trinajstić information content (AvgIpc) is 2.97. The third kappa shape index (κ3) is 4.14. The van der Waals surface area contributed by atoms with E-state index in [2.05, 4.69) is 44.8 Å². The number of likely N-dealkylation sites (tertiary alicyclic amines) is 3. The van der Waals surface area contributed by atoms with Crippen LogP contribution in [0.1, 0.15) is 32.6 Å². The fraction of sp³-hybridized carbons (Fsp3) is 0.684. The molecule has 3 heterocycles. The van der Waals surface area contributed by atoms with Crippen LogP contribution in [-0.2, 0) is 9.59 Å². The van der Waals surface area contributed by atoms with Gasteiger partial charge in [0.05, 0.1) is 6.04 Å². The van der Waals surface area contributed by atoms with Crippen LogP contribution in [0, 0.1) is 0 Å². The van der Waals surface area contributed by atoms with Gasteiger partial charge in [0.25, 0.3) is 0 Å². The van der Waals surface area contributed by atoms with Crippen LogP contribution >= 0.6 is 22.9 Å². The second kappa shape index (κ2) is 8.84. The SMILES string of the molecule is C=CC(=O)N1CCC2C1CN2C(C)C/C=C/C(=O)N1CCCC(NI)C1. The molecule has 0 radical (unpaired) electrons. The van der Waals surface area contributed by atoms with E-state index in [4.69, 9.17) is 0 Å². The minimum atomic E-state index is 0.0520. The summed E-state index contributed by atoms with van der Waals surface area (Å²) >= 11 is 2.17. The number of nitrogens with zero attached hydrogens (tertiary/aromatic N) is 3. The maximum Gasteiger partial charge on any atom is 0.246 e. The molecule has 1 N–H and O–H groups in total. The molecule has 6 nitrogen and oxygen atoms in total. The Labute approximate surface area is 170 Å². The first kappa shape index (κ1) is 19.8. The number of nitrogens with one attached hydrogen (secondary N) is 1. The molecule has 0 aromatic carbocycles. The molecule has 3 saturated heterocycles. The Morgan fingerprint density at radius 3 is 2.77 bits per heavy atom. The van der Waals surface area contributed by atoms with Crippen LogP contribution in [-0.4, -0.2) is 76.9 Å². The Morgan fingerprint density at radius 1 is 1.23 bits per heavy atom. The lowest BCUT2D eigenvalue weighted by molar-refractivity contribution is -0.131. The molecule has 4 atom stereocenters. The van der Waals surface area contributed by atoms with Gasteiger partial charge in [-0.3, -0.25) is 18.0 Å². The molecule has 0 aromatic heterocycles. The Bertz CT molecular complexity index is 582. The molecule has 0 bridgehead atoms. The number of hydrogen-bond donors (Lipinski definition) is 1. The van der Waals surface area contributed by atoms with Crippen molar-refractivity contribution in [2.75, 3.05) is 26.2 Å². The van der Waals surface area contributed by atoms with Crippen molar-refractivity contribution in [1.82, 2.24) is 18.2 Å². The fourth-order valence-corrected chi connectivity index (χ4v) is 4.94.